The molecule has 0 heterocycles. The van der Waals surface area contributed by atoms with E-state index < -0.39 is 5.41 Å². The number of carbonyl (C=O) groups excluding carboxylic acids is 1. The lowest BCUT2D eigenvalue weighted by Crippen LogP contribution is -2.32. The van der Waals surface area contributed by atoms with Crippen molar-refractivity contribution in [2.45, 2.75) is 19.3 Å². The first-order valence-corrected chi connectivity index (χ1v) is 7.90. The number of carbonyl (C=O) groups is 1. The predicted octanol–water partition coefficient (Wildman–Crippen LogP) is 3.92. The van der Waals surface area contributed by atoms with Gasteiger partial charge in [-0.05, 0) is 30.2 Å². The van der Waals surface area contributed by atoms with Crippen LogP contribution in [-0.2, 0) is 19.7 Å². The number of alkyl halides is 1. The molecule has 0 saturated heterocycles. The van der Waals surface area contributed by atoms with Crippen LogP contribution in [0.1, 0.15) is 19.4 Å². The highest BCUT2D eigenvalue weighted by molar-refractivity contribution is 6.17. The molecular weight excluding hydrogens is 300 g/mol. The number of halogens is 1. The molecule has 0 fully saturated rings. The van der Waals surface area contributed by atoms with E-state index in [9.17, 15) is 4.79 Å². The Hall–Kier alpha value is -1.58. The summed E-state index contributed by atoms with van der Waals surface area (Å²) in [5, 5.41) is 2.19. The summed E-state index contributed by atoms with van der Waals surface area (Å²) >= 11 is 5.52. The molecule has 0 aliphatic heterocycles. The Morgan fingerprint density at radius 1 is 1.05 bits per heavy atom. The van der Waals surface area contributed by atoms with Gasteiger partial charge in [0.2, 0.25) is 0 Å². The molecule has 0 aliphatic rings. The number of rotatable bonds is 7. The van der Waals surface area contributed by atoms with Gasteiger partial charge >= 0.3 is 5.97 Å². The summed E-state index contributed by atoms with van der Waals surface area (Å²) in [5.74, 6) is 0.188. The van der Waals surface area contributed by atoms with Crippen LogP contribution in [0.5, 0.6) is 0 Å². The van der Waals surface area contributed by atoms with Crippen molar-refractivity contribution in [1.29, 1.82) is 0 Å². The van der Waals surface area contributed by atoms with Crippen molar-refractivity contribution in [3.05, 3.63) is 48.0 Å². The SMILES string of the molecule is CC(C)(C(=O)OCCOCCCl)c1cccc2ccccc12. The zero-order valence-corrected chi connectivity index (χ0v) is 13.7. The number of hydrogen-bond donors (Lipinski definition) is 0. The van der Waals surface area contributed by atoms with Crippen LogP contribution in [0.4, 0.5) is 0 Å². The first-order valence-electron chi connectivity index (χ1n) is 7.36. The van der Waals surface area contributed by atoms with Gasteiger partial charge in [0, 0.05) is 5.88 Å². The Bertz CT molecular complexity index is 632. The van der Waals surface area contributed by atoms with Crippen molar-refractivity contribution in [2.24, 2.45) is 0 Å². The Labute approximate surface area is 136 Å². The minimum Gasteiger partial charge on any atom is -0.463 e. The molecule has 0 spiro atoms. The molecule has 22 heavy (non-hydrogen) atoms. The average molecular weight is 321 g/mol. The van der Waals surface area contributed by atoms with Crippen molar-refractivity contribution >= 4 is 28.3 Å². The molecule has 0 aromatic heterocycles. The molecule has 0 N–H and O–H groups in total. The molecule has 4 heteroatoms. The smallest absolute Gasteiger partial charge is 0.316 e. The van der Waals surface area contributed by atoms with Gasteiger partial charge in [0.15, 0.2) is 0 Å². The number of fused-ring (bicyclic) bond motifs is 1. The van der Waals surface area contributed by atoms with Crippen molar-refractivity contribution < 1.29 is 14.3 Å². The second-order valence-corrected chi connectivity index (χ2v) is 5.97. The van der Waals surface area contributed by atoms with E-state index in [0.717, 1.165) is 16.3 Å². The van der Waals surface area contributed by atoms with Crippen LogP contribution in [0.15, 0.2) is 42.5 Å². The van der Waals surface area contributed by atoms with Gasteiger partial charge in [-0.1, -0.05) is 42.5 Å². The minimum absolute atomic E-state index is 0.240. The zero-order valence-electron chi connectivity index (χ0n) is 13.0. The van der Waals surface area contributed by atoms with Gasteiger partial charge in [-0.2, -0.15) is 0 Å². The quantitative estimate of drug-likeness (QED) is 0.441. The maximum absolute atomic E-state index is 12.4. The van der Waals surface area contributed by atoms with Crippen LogP contribution in [0.25, 0.3) is 10.8 Å². The molecule has 0 amide bonds. The second kappa shape index (κ2) is 7.61. The number of hydrogen-bond acceptors (Lipinski definition) is 3. The molecule has 2 rings (SSSR count). The van der Waals surface area contributed by atoms with Crippen LogP contribution in [-0.4, -0.2) is 31.7 Å². The Morgan fingerprint density at radius 3 is 2.55 bits per heavy atom. The molecule has 3 nitrogen and oxygen atoms in total. The predicted molar refractivity (Wildman–Crippen MR) is 89.5 cm³/mol. The molecule has 2 aromatic carbocycles. The van der Waals surface area contributed by atoms with Gasteiger partial charge in [-0.25, -0.2) is 0 Å². The van der Waals surface area contributed by atoms with Gasteiger partial charge in [0.05, 0.1) is 18.6 Å². The molecule has 0 radical (unpaired) electrons. The van der Waals surface area contributed by atoms with Crippen LogP contribution in [0.2, 0.25) is 0 Å². The number of ether oxygens (including phenoxy) is 2. The third-order valence-corrected chi connectivity index (χ3v) is 3.81. The first-order chi connectivity index (χ1) is 10.6. The van der Waals surface area contributed by atoms with Gasteiger partial charge in [0.1, 0.15) is 6.61 Å². The summed E-state index contributed by atoms with van der Waals surface area (Å²) in [6.07, 6.45) is 0. The fourth-order valence-corrected chi connectivity index (χ4v) is 2.52. The highest BCUT2D eigenvalue weighted by Crippen LogP contribution is 2.31. The van der Waals surface area contributed by atoms with Crippen LogP contribution in [0.3, 0.4) is 0 Å². The van der Waals surface area contributed by atoms with Crippen LogP contribution in [0, 0.1) is 0 Å². The lowest BCUT2D eigenvalue weighted by molar-refractivity contribution is -0.150. The third kappa shape index (κ3) is 3.79. The van der Waals surface area contributed by atoms with Crippen molar-refractivity contribution in [3.8, 4) is 0 Å². The Kier molecular flexibility index (Phi) is 5.81. The van der Waals surface area contributed by atoms with Crippen molar-refractivity contribution in [2.75, 3.05) is 25.7 Å². The van der Waals surface area contributed by atoms with Crippen LogP contribution >= 0.6 is 11.6 Å². The molecule has 0 atom stereocenters. The zero-order chi connectivity index (χ0) is 16.0. The summed E-state index contributed by atoms with van der Waals surface area (Å²) in [7, 11) is 0. The minimum atomic E-state index is -0.715. The standard InChI is InChI=1S/C18H21ClO3/c1-18(2,17(20)22-13-12-21-11-10-19)16-9-5-7-14-6-3-4-8-15(14)16/h3-9H,10-13H2,1-2H3. The summed E-state index contributed by atoms with van der Waals surface area (Å²) in [5.41, 5.74) is 0.255. The maximum atomic E-state index is 12.4. The molecule has 2 aromatic rings. The van der Waals surface area contributed by atoms with E-state index in [4.69, 9.17) is 21.1 Å². The molecule has 0 aliphatic carbocycles. The van der Waals surface area contributed by atoms with E-state index in [2.05, 4.69) is 0 Å². The van der Waals surface area contributed by atoms with E-state index in [1.165, 1.54) is 0 Å². The van der Waals surface area contributed by atoms with E-state index in [1.54, 1.807) is 0 Å². The van der Waals surface area contributed by atoms with Gasteiger partial charge in [-0.15, -0.1) is 11.6 Å². The third-order valence-electron chi connectivity index (χ3n) is 3.66. The normalized spacial score (nSPS) is 11.6. The first kappa shape index (κ1) is 16.8. The molecule has 0 saturated carbocycles. The molecule has 118 valence electrons. The highest BCUT2D eigenvalue weighted by Gasteiger charge is 2.32. The molecule has 0 bridgehead atoms. The monoisotopic (exact) mass is 320 g/mol. The van der Waals surface area contributed by atoms with E-state index >= 15 is 0 Å². The van der Waals surface area contributed by atoms with E-state index in [1.807, 2.05) is 56.3 Å². The van der Waals surface area contributed by atoms with E-state index in [-0.39, 0.29) is 12.6 Å². The van der Waals surface area contributed by atoms with Crippen molar-refractivity contribution in [1.82, 2.24) is 0 Å². The Balaban J connectivity index is 2.12. The van der Waals surface area contributed by atoms with Gasteiger partial charge in [-0.3, -0.25) is 4.79 Å². The van der Waals surface area contributed by atoms with Gasteiger partial charge in [0.25, 0.3) is 0 Å². The van der Waals surface area contributed by atoms with E-state index in [0.29, 0.717) is 19.1 Å². The van der Waals surface area contributed by atoms with Crippen molar-refractivity contribution in [3.63, 3.8) is 0 Å². The second-order valence-electron chi connectivity index (χ2n) is 5.59. The summed E-state index contributed by atoms with van der Waals surface area (Å²) in [6.45, 7) is 4.84. The van der Waals surface area contributed by atoms with Gasteiger partial charge < -0.3 is 9.47 Å². The fourth-order valence-electron chi connectivity index (χ4n) is 2.41. The summed E-state index contributed by atoms with van der Waals surface area (Å²) in [4.78, 5) is 12.4. The molecular formula is C18H21ClO3. The maximum Gasteiger partial charge on any atom is 0.316 e. The number of esters is 1. The average Bonchev–Trinajstić information content (AvgIpc) is 2.53. The summed E-state index contributed by atoms with van der Waals surface area (Å²) < 4.78 is 10.6. The largest absolute Gasteiger partial charge is 0.463 e. The number of benzene rings is 2. The molecule has 0 unspecified atom stereocenters. The lowest BCUT2D eigenvalue weighted by Gasteiger charge is -2.24. The summed E-state index contributed by atoms with van der Waals surface area (Å²) in [6, 6.07) is 14.0. The van der Waals surface area contributed by atoms with Crippen LogP contribution < -0.4 is 0 Å². The highest BCUT2D eigenvalue weighted by atomic mass is 35.5. The Morgan fingerprint density at radius 2 is 1.77 bits per heavy atom. The topological polar surface area (TPSA) is 35.5 Å². The fraction of sp³-hybridized carbons (Fsp3) is 0.389. The lowest BCUT2D eigenvalue weighted by atomic mass is 9.82.